The number of benzene rings is 1. The van der Waals surface area contributed by atoms with E-state index in [2.05, 4.69) is 38.1 Å². The molecule has 106 valence electrons. The molecular weight excluding hydrogens is 234 g/mol. The van der Waals surface area contributed by atoms with E-state index in [9.17, 15) is 0 Å². The first-order valence-corrected chi connectivity index (χ1v) is 7.72. The predicted octanol–water partition coefficient (Wildman–Crippen LogP) is 3.78. The maximum absolute atomic E-state index is 6.21. The Morgan fingerprint density at radius 3 is 2.47 bits per heavy atom. The summed E-state index contributed by atoms with van der Waals surface area (Å²) >= 11 is 0. The molecule has 1 aromatic carbocycles. The number of rotatable bonds is 5. The van der Waals surface area contributed by atoms with Crippen molar-refractivity contribution < 1.29 is 4.74 Å². The Morgan fingerprint density at radius 2 is 1.89 bits per heavy atom. The molecule has 0 spiro atoms. The van der Waals surface area contributed by atoms with Crippen LogP contribution in [-0.4, -0.2) is 12.6 Å². The van der Waals surface area contributed by atoms with E-state index in [1.807, 2.05) is 0 Å². The van der Waals surface area contributed by atoms with Crippen molar-refractivity contribution in [2.24, 2.45) is 17.6 Å². The van der Waals surface area contributed by atoms with Crippen molar-refractivity contribution in [3.8, 4) is 5.75 Å². The first-order valence-electron chi connectivity index (χ1n) is 7.72. The molecule has 1 aromatic rings. The van der Waals surface area contributed by atoms with Crippen LogP contribution in [0.1, 0.15) is 45.1 Å². The van der Waals surface area contributed by atoms with Gasteiger partial charge >= 0.3 is 0 Å². The summed E-state index contributed by atoms with van der Waals surface area (Å²) in [6.07, 6.45) is 6.32. The summed E-state index contributed by atoms with van der Waals surface area (Å²) in [5, 5.41) is 0. The zero-order chi connectivity index (χ0) is 13.7. The van der Waals surface area contributed by atoms with Crippen molar-refractivity contribution in [3.05, 3.63) is 29.8 Å². The Kier molecular flexibility index (Phi) is 5.26. The third-order valence-corrected chi connectivity index (χ3v) is 4.54. The van der Waals surface area contributed by atoms with Crippen LogP contribution in [0.15, 0.2) is 24.3 Å². The maximum atomic E-state index is 6.21. The van der Waals surface area contributed by atoms with Crippen LogP contribution in [0, 0.1) is 11.8 Å². The Bertz CT molecular complexity index is 373. The molecule has 0 aliphatic heterocycles. The average Bonchev–Trinajstić information content (AvgIpc) is 2.48. The summed E-state index contributed by atoms with van der Waals surface area (Å²) < 4.78 is 6.21. The quantitative estimate of drug-likeness (QED) is 0.875. The molecule has 0 bridgehead atoms. The van der Waals surface area contributed by atoms with Crippen LogP contribution >= 0.6 is 0 Å². The Hall–Kier alpha value is -1.02. The Labute approximate surface area is 117 Å². The lowest BCUT2D eigenvalue weighted by Gasteiger charge is -2.35. The molecule has 0 aromatic heterocycles. The van der Waals surface area contributed by atoms with E-state index in [-0.39, 0.29) is 0 Å². The summed E-state index contributed by atoms with van der Waals surface area (Å²) in [6, 6.07) is 8.52. The van der Waals surface area contributed by atoms with Crippen LogP contribution in [0.4, 0.5) is 0 Å². The molecule has 1 fully saturated rings. The number of hydrogen-bond donors (Lipinski definition) is 1. The van der Waals surface area contributed by atoms with Crippen LogP contribution in [0.25, 0.3) is 0 Å². The zero-order valence-electron chi connectivity index (χ0n) is 12.3. The lowest BCUT2D eigenvalue weighted by atomic mass is 9.78. The largest absolute Gasteiger partial charge is 0.490 e. The Balaban J connectivity index is 2.01. The molecule has 1 aliphatic rings. The van der Waals surface area contributed by atoms with E-state index < -0.39 is 0 Å². The van der Waals surface area contributed by atoms with Gasteiger partial charge in [0.25, 0.3) is 0 Å². The van der Waals surface area contributed by atoms with Crippen molar-refractivity contribution in [3.63, 3.8) is 0 Å². The van der Waals surface area contributed by atoms with Gasteiger partial charge in [0.1, 0.15) is 11.9 Å². The van der Waals surface area contributed by atoms with Gasteiger partial charge in [-0.2, -0.15) is 0 Å². The molecule has 3 unspecified atom stereocenters. The van der Waals surface area contributed by atoms with Gasteiger partial charge < -0.3 is 10.5 Å². The van der Waals surface area contributed by atoms with Gasteiger partial charge in [0.2, 0.25) is 0 Å². The fourth-order valence-electron chi connectivity index (χ4n) is 3.04. The average molecular weight is 261 g/mol. The number of hydrogen-bond acceptors (Lipinski definition) is 2. The highest BCUT2D eigenvalue weighted by Gasteiger charge is 2.30. The normalized spacial score (nSPS) is 27.2. The van der Waals surface area contributed by atoms with Crippen molar-refractivity contribution in [1.82, 2.24) is 0 Å². The van der Waals surface area contributed by atoms with Crippen LogP contribution in [-0.2, 0) is 6.42 Å². The van der Waals surface area contributed by atoms with Crippen LogP contribution in [0.2, 0.25) is 0 Å². The zero-order valence-corrected chi connectivity index (χ0v) is 12.3. The van der Waals surface area contributed by atoms with Gasteiger partial charge in [0.15, 0.2) is 0 Å². The van der Waals surface area contributed by atoms with Gasteiger partial charge in [0, 0.05) is 5.92 Å². The summed E-state index contributed by atoms with van der Waals surface area (Å²) in [7, 11) is 0. The predicted molar refractivity (Wildman–Crippen MR) is 80.4 cm³/mol. The third kappa shape index (κ3) is 3.73. The Morgan fingerprint density at radius 1 is 1.16 bits per heavy atom. The minimum Gasteiger partial charge on any atom is -0.490 e. The molecule has 2 rings (SSSR count). The lowest BCUT2D eigenvalue weighted by molar-refractivity contribution is 0.0684. The number of ether oxygens (including phenoxy) is 1. The van der Waals surface area contributed by atoms with E-state index in [1.165, 1.54) is 24.8 Å². The van der Waals surface area contributed by atoms with E-state index in [4.69, 9.17) is 10.5 Å². The standard InChI is InChI=1S/C17H27NO/c1-3-13-6-9-16(10-7-13)19-17-11-14(4-2)5-8-15(17)12-18/h6-7,9-10,14-15,17H,3-5,8,11-12,18H2,1-2H3. The molecule has 0 amide bonds. The highest BCUT2D eigenvalue weighted by atomic mass is 16.5. The molecule has 2 heteroatoms. The van der Waals surface area contributed by atoms with Gasteiger partial charge in [-0.05, 0) is 55.8 Å². The first-order chi connectivity index (χ1) is 9.26. The highest BCUT2D eigenvalue weighted by molar-refractivity contribution is 5.27. The van der Waals surface area contributed by atoms with Gasteiger partial charge in [-0.15, -0.1) is 0 Å². The molecular formula is C17H27NO. The summed E-state index contributed by atoms with van der Waals surface area (Å²) in [4.78, 5) is 0. The van der Waals surface area contributed by atoms with Crippen molar-refractivity contribution >= 4 is 0 Å². The van der Waals surface area contributed by atoms with Crippen molar-refractivity contribution in [2.75, 3.05) is 6.54 Å². The maximum Gasteiger partial charge on any atom is 0.119 e. The molecule has 3 atom stereocenters. The molecule has 1 saturated carbocycles. The van der Waals surface area contributed by atoms with Crippen LogP contribution in [0.3, 0.4) is 0 Å². The van der Waals surface area contributed by atoms with Crippen molar-refractivity contribution in [1.29, 1.82) is 0 Å². The van der Waals surface area contributed by atoms with E-state index >= 15 is 0 Å². The monoisotopic (exact) mass is 261 g/mol. The number of aryl methyl sites for hydroxylation is 1. The summed E-state index contributed by atoms with van der Waals surface area (Å²) in [6.45, 7) is 5.20. The molecule has 0 radical (unpaired) electrons. The fraction of sp³-hybridized carbons (Fsp3) is 0.647. The van der Waals surface area contributed by atoms with Crippen molar-refractivity contribution in [2.45, 2.75) is 52.1 Å². The van der Waals surface area contributed by atoms with E-state index in [0.29, 0.717) is 12.0 Å². The molecule has 0 heterocycles. The van der Waals surface area contributed by atoms with Gasteiger partial charge in [-0.3, -0.25) is 0 Å². The number of nitrogens with two attached hydrogens (primary N) is 1. The van der Waals surface area contributed by atoms with E-state index in [0.717, 1.165) is 31.1 Å². The van der Waals surface area contributed by atoms with Crippen LogP contribution in [0.5, 0.6) is 5.75 Å². The topological polar surface area (TPSA) is 35.2 Å². The highest BCUT2D eigenvalue weighted by Crippen LogP contribution is 2.33. The second-order valence-corrected chi connectivity index (χ2v) is 5.74. The molecule has 19 heavy (non-hydrogen) atoms. The molecule has 0 saturated heterocycles. The van der Waals surface area contributed by atoms with Crippen LogP contribution < -0.4 is 10.5 Å². The van der Waals surface area contributed by atoms with Gasteiger partial charge in [-0.1, -0.05) is 32.4 Å². The summed E-state index contributed by atoms with van der Waals surface area (Å²) in [5.74, 6) is 2.33. The second kappa shape index (κ2) is 6.95. The summed E-state index contributed by atoms with van der Waals surface area (Å²) in [5.41, 5.74) is 7.26. The fourth-order valence-corrected chi connectivity index (χ4v) is 3.04. The van der Waals surface area contributed by atoms with Gasteiger partial charge in [-0.25, -0.2) is 0 Å². The first kappa shape index (κ1) is 14.4. The minimum atomic E-state index is 0.302. The minimum absolute atomic E-state index is 0.302. The molecule has 2 N–H and O–H groups in total. The molecule has 1 aliphatic carbocycles. The SMILES string of the molecule is CCc1ccc(OC2CC(CC)CCC2CN)cc1. The third-order valence-electron chi connectivity index (χ3n) is 4.54. The lowest BCUT2D eigenvalue weighted by Crippen LogP contribution is -2.38. The smallest absolute Gasteiger partial charge is 0.119 e. The molecule has 2 nitrogen and oxygen atoms in total. The van der Waals surface area contributed by atoms with Gasteiger partial charge in [0.05, 0.1) is 0 Å². The second-order valence-electron chi connectivity index (χ2n) is 5.74. The van der Waals surface area contributed by atoms with E-state index in [1.54, 1.807) is 0 Å².